The first-order chi connectivity index (χ1) is 8.79. The fourth-order valence-electron chi connectivity index (χ4n) is 1.58. The van der Waals surface area contributed by atoms with Crippen molar-refractivity contribution in [2.24, 2.45) is 5.92 Å². The van der Waals surface area contributed by atoms with Crippen molar-refractivity contribution in [2.75, 3.05) is 24.3 Å². The molecular formula is C12H21N5O2. The van der Waals surface area contributed by atoms with Crippen LogP contribution in [0.5, 0.6) is 0 Å². The number of anilines is 2. The van der Waals surface area contributed by atoms with E-state index in [-0.39, 0.29) is 5.92 Å². The summed E-state index contributed by atoms with van der Waals surface area (Å²) in [5, 5.41) is 12.0. The molecular weight excluding hydrogens is 246 g/mol. The van der Waals surface area contributed by atoms with E-state index in [2.05, 4.69) is 20.3 Å². The monoisotopic (exact) mass is 267 g/mol. The Morgan fingerprint density at radius 1 is 1.32 bits per heavy atom. The Balaban J connectivity index is 2.92. The molecule has 0 aliphatic rings. The predicted octanol–water partition coefficient (Wildman–Crippen LogP) is 1.16. The summed E-state index contributed by atoms with van der Waals surface area (Å²) < 4.78 is 0. The minimum Gasteiger partial charge on any atom is -0.480 e. The number of carbonyl (C=O) groups is 1. The van der Waals surface area contributed by atoms with E-state index in [0.717, 1.165) is 0 Å². The summed E-state index contributed by atoms with van der Waals surface area (Å²) in [6.07, 6.45) is 0.511. The predicted molar refractivity (Wildman–Crippen MR) is 73.4 cm³/mol. The molecule has 0 radical (unpaired) electrons. The van der Waals surface area contributed by atoms with Crippen LogP contribution in [-0.4, -0.2) is 46.2 Å². The molecule has 7 nitrogen and oxygen atoms in total. The molecule has 2 N–H and O–H groups in total. The van der Waals surface area contributed by atoms with Gasteiger partial charge in [-0.15, -0.1) is 0 Å². The SMILES string of the molecule is Cc1nc(N[C@H](CC(C)C)C(=O)O)nc(N(C)C)n1. The molecule has 0 aliphatic heterocycles. The van der Waals surface area contributed by atoms with E-state index >= 15 is 0 Å². The molecule has 0 aromatic carbocycles. The van der Waals surface area contributed by atoms with E-state index in [0.29, 0.717) is 24.1 Å². The molecule has 1 aromatic rings. The number of nitrogens with one attached hydrogen (secondary N) is 1. The molecule has 1 aromatic heterocycles. The lowest BCUT2D eigenvalue weighted by Gasteiger charge is -2.18. The van der Waals surface area contributed by atoms with Crippen molar-refractivity contribution < 1.29 is 9.90 Å². The van der Waals surface area contributed by atoms with Crippen LogP contribution >= 0.6 is 0 Å². The summed E-state index contributed by atoms with van der Waals surface area (Å²) in [6, 6.07) is -0.697. The van der Waals surface area contributed by atoms with Gasteiger partial charge in [-0.2, -0.15) is 15.0 Å². The molecule has 1 rings (SSSR count). The van der Waals surface area contributed by atoms with Crippen molar-refractivity contribution in [3.63, 3.8) is 0 Å². The topological polar surface area (TPSA) is 91.2 Å². The van der Waals surface area contributed by atoms with Gasteiger partial charge < -0.3 is 15.3 Å². The quantitative estimate of drug-likeness (QED) is 0.799. The lowest BCUT2D eigenvalue weighted by atomic mass is 10.0. The van der Waals surface area contributed by atoms with Crippen LogP contribution in [0.15, 0.2) is 0 Å². The second-order valence-electron chi connectivity index (χ2n) is 5.07. The Morgan fingerprint density at radius 3 is 2.42 bits per heavy atom. The Hall–Kier alpha value is -1.92. The molecule has 0 amide bonds. The second-order valence-corrected chi connectivity index (χ2v) is 5.07. The lowest BCUT2D eigenvalue weighted by Crippen LogP contribution is -2.32. The van der Waals surface area contributed by atoms with Gasteiger partial charge in [0.25, 0.3) is 0 Å². The molecule has 0 saturated carbocycles. The van der Waals surface area contributed by atoms with E-state index in [1.165, 1.54) is 0 Å². The molecule has 0 spiro atoms. The van der Waals surface area contributed by atoms with Crippen LogP contribution in [0.1, 0.15) is 26.1 Å². The number of hydrogen-bond donors (Lipinski definition) is 2. The highest BCUT2D eigenvalue weighted by Crippen LogP contribution is 2.12. The number of carboxylic acids is 1. The van der Waals surface area contributed by atoms with Crippen LogP contribution in [0, 0.1) is 12.8 Å². The van der Waals surface area contributed by atoms with E-state index in [1.54, 1.807) is 11.8 Å². The van der Waals surface area contributed by atoms with Crippen LogP contribution in [0.25, 0.3) is 0 Å². The normalized spacial score (nSPS) is 12.3. The molecule has 0 unspecified atom stereocenters. The van der Waals surface area contributed by atoms with Crippen molar-refractivity contribution in [3.05, 3.63) is 5.82 Å². The van der Waals surface area contributed by atoms with Crippen molar-refractivity contribution >= 4 is 17.9 Å². The first-order valence-corrected chi connectivity index (χ1v) is 6.19. The van der Waals surface area contributed by atoms with Gasteiger partial charge in [-0.3, -0.25) is 0 Å². The first-order valence-electron chi connectivity index (χ1n) is 6.19. The number of carboxylic acid groups (broad SMARTS) is 1. The van der Waals surface area contributed by atoms with Gasteiger partial charge in [0.1, 0.15) is 11.9 Å². The Labute approximate surface area is 113 Å². The van der Waals surface area contributed by atoms with Gasteiger partial charge in [-0.1, -0.05) is 13.8 Å². The maximum absolute atomic E-state index is 11.2. The highest BCUT2D eigenvalue weighted by molar-refractivity contribution is 5.76. The Bertz CT molecular complexity index is 448. The zero-order valence-electron chi connectivity index (χ0n) is 12.0. The fourth-order valence-corrected chi connectivity index (χ4v) is 1.58. The smallest absolute Gasteiger partial charge is 0.326 e. The van der Waals surface area contributed by atoms with Gasteiger partial charge >= 0.3 is 5.97 Å². The number of hydrogen-bond acceptors (Lipinski definition) is 6. The van der Waals surface area contributed by atoms with Crippen molar-refractivity contribution in [3.8, 4) is 0 Å². The highest BCUT2D eigenvalue weighted by Gasteiger charge is 2.20. The van der Waals surface area contributed by atoms with Gasteiger partial charge in [-0.25, -0.2) is 4.79 Å². The average molecular weight is 267 g/mol. The highest BCUT2D eigenvalue weighted by atomic mass is 16.4. The summed E-state index contributed by atoms with van der Waals surface area (Å²) in [6.45, 7) is 5.70. The van der Waals surface area contributed by atoms with Gasteiger partial charge in [0.2, 0.25) is 11.9 Å². The molecule has 0 aliphatic carbocycles. The minimum atomic E-state index is -0.904. The summed E-state index contributed by atoms with van der Waals surface area (Å²) in [4.78, 5) is 25.4. The molecule has 19 heavy (non-hydrogen) atoms. The van der Waals surface area contributed by atoms with Crippen LogP contribution in [0.3, 0.4) is 0 Å². The lowest BCUT2D eigenvalue weighted by molar-refractivity contribution is -0.138. The number of aliphatic carboxylic acids is 1. The van der Waals surface area contributed by atoms with Gasteiger partial charge in [-0.05, 0) is 19.3 Å². The zero-order chi connectivity index (χ0) is 14.6. The zero-order valence-corrected chi connectivity index (χ0v) is 12.0. The number of aryl methyl sites for hydroxylation is 1. The third-order valence-corrected chi connectivity index (χ3v) is 2.44. The van der Waals surface area contributed by atoms with Crippen molar-refractivity contribution in [1.29, 1.82) is 0 Å². The number of aromatic nitrogens is 3. The van der Waals surface area contributed by atoms with Crippen LogP contribution in [0.2, 0.25) is 0 Å². The summed E-state index contributed by atoms with van der Waals surface area (Å²) in [5.74, 6) is 0.714. The van der Waals surface area contributed by atoms with Crippen LogP contribution in [0.4, 0.5) is 11.9 Å². The summed E-state index contributed by atoms with van der Waals surface area (Å²) in [7, 11) is 3.64. The molecule has 1 atom stereocenters. The fraction of sp³-hybridized carbons (Fsp3) is 0.667. The van der Waals surface area contributed by atoms with E-state index in [1.807, 2.05) is 27.9 Å². The molecule has 0 bridgehead atoms. The van der Waals surface area contributed by atoms with E-state index in [4.69, 9.17) is 0 Å². The summed E-state index contributed by atoms with van der Waals surface area (Å²) in [5.41, 5.74) is 0. The standard InChI is InChI=1S/C12H21N5O2/c1-7(2)6-9(10(18)19)15-11-13-8(3)14-12(16-11)17(4)5/h7,9H,6H2,1-5H3,(H,18,19)(H,13,14,15,16)/t9-/m1/s1. The number of nitrogens with zero attached hydrogens (tertiary/aromatic N) is 4. The second kappa shape index (κ2) is 6.31. The molecule has 0 saturated heterocycles. The third kappa shape index (κ3) is 4.69. The van der Waals surface area contributed by atoms with Gasteiger partial charge in [0, 0.05) is 14.1 Å². The van der Waals surface area contributed by atoms with E-state index < -0.39 is 12.0 Å². The van der Waals surface area contributed by atoms with Gasteiger partial charge in [0.05, 0.1) is 0 Å². The Morgan fingerprint density at radius 2 is 1.95 bits per heavy atom. The first kappa shape index (κ1) is 15.1. The van der Waals surface area contributed by atoms with Crippen LogP contribution < -0.4 is 10.2 Å². The Kier molecular flexibility index (Phi) is 5.02. The minimum absolute atomic E-state index is 0.268. The number of rotatable bonds is 6. The maximum atomic E-state index is 11.2. The maximum Gasteiger partial charge on any atom is 0.326 e. The summed E-state index contributed by atoms with van der Waals surface area (Å²) >= 11 is 0. The van der Waals surface area contributed by atoms with Crippen molar-refractivity contribution in [2.45, 2.75) is 33.2 Å². The largest absolute Gasteiger partial charge is 0.480 e. The molecule has 0 fully saturated rings. The molecule has 7 heteroatoms. The third-order valence-electron chi connectivity index (χ3n) is 2.44. The van der Waals surface area contributed by atoms with Crippen molar-refractivity contribution in [1.82, 2.24) is 15.0 Å². The van der Waals surface area contributed by atoms with Crippen LogP contribution in [-0.2, 0) is 4.79 Å². The van der Waals surface area contributed by atoms with E-state index in [9.17, 15) is 9.90 Å². The average Bonchev–Trinajstić information content (AvgIpc) is 2.26. The van der Waals surface area contributed by atoms with Gasteiger partial charge in [0.15, 0.2) is 0 Å². The molecule has 1 heterocycles. The molecule has 106 valence electrons.